The number of hydrogen-bond acceptors (Lipinski definition) is 8. The first-order valence-corrected chi connectivity index (χ1v) is 9.59. The van der Waals surface area contributed by atoms with Crippen LogP contribution in [0, 0.1) is 10.1 Å². The van der Waals surface area contributed by atoms with Gasteiger partial charge in [-0.3, -0.25) is 10.1 Å². The Bertz CT molecular complexity index is 1200. The second kappa shape index (κ2) is 9.29. The van der Waals surface area contributed by atoms with Gasteiger partial charge in [0.1, 0.15) is 17.8 Å². The van der Waals surface area contributed by atoms with Crippen molar-refractivity contribution in [2.24, 2.45) is 0 Å². The molecule has 0 amide bonds. The average Bonchev–Trinajstić information content (AvgIpc) is 2.76. The van der Waals surface area contributed by atoms with Gasteiger partial charge in [-0.05, 0) is 25.0 Å². The van der Waals surface area contributed by atoms with Crippen LogP contribution >= 0.6 is 0 Å². The first kappa shape index (κ1) is 21.8. The largest absolute Gasteiger partial charge is 0.493 e. The number of rotatable bonds is 8. The van der Waals surface area contributed by atoms with Crippen LogP contribution in [0.5, 0.6) is 11.5 Å². The van der Waals surface area contributed by atoms with E-state index in [1.54, 1.807) is 19.1 Å². The van der Waals surface area contributed by atoms with Crippen LogP contribution in [-0.4, -0.2) is 24.6 Å². The standard InChI is InChI=1S/C22H21NO8/c1-4-13-6-7-15-14(9-21(24)31-18(15)8-13)12-30-22(25)16-10-20(29-5-2)19(28-3)11-17(16)23(26)27/h6-11H,4-5,12H2,1-3H3. The molecule has 0 atom stereocenters. The lowest BCUT2D eigenvalue weighted by molar-refractivity contribution is -0.385. The zero-order chi connectivity index (χ0) is 22.5. The molecule has 0 saturated carbocycles. The molecule has 1 aromatic heterocycles. The van der Waals surface area contributed by atoms with E-state index in [1.165, 1.54) is 19.2 Å². The van der Waals surface area contributed by atoms with E-state index in [0.717, 1.165) is 18.1 Å². The predicted octanol–water partition coefficient (Wildman–Crippen LogP) is 4.03. The van der Waals surface area contributed by atoms with Crippen LogP contribution in [0.1, 0.15) is 35.3 Å². The molecule has 9 nitrogen and oxygen atoms in total. The molecule has 0 aliphatic carbocycles. The van der Waals surface area contributed by atoms with Crippen LogP contribution in [0.3, 0.4) is 0 Å². The fraction of sp³-hybridized carbons (Fsp3) is 0.273. The Hall–Kier alpha value is -3.88. The molecule has 162 valence electrons. The van der Waals surface area contributed by atoms with E-state index in [2.05, 4.69) is 0 Å². The van der Waals surface area contributed by atoms with Crippen LogP contribution in [-0.2, 0) is 17.8 Å². The maximum Gasteiger partial charge on any atom is 0.345 e. The Kier molecular flexibility index (Phi) is 6.54. The lowest BCUT2D eigenvalue weighted by Gasteiger charge is -2.12. The molecule has 0 bridgehead atoms. The minimum absolute atomic E-state index is 0.128. The number of benzene rings is 2. The van der Waals surface area contributed by atoms with E-state index in [4.69, 9.17) is 18.6 Å². The van der Waals surface area contributed by atoms with Gasteiger partial charge in [-0.2, -0.15) is 0 Å². The molecule has 31 heavy (non-hydrogen) atoms. The van der Waals surface area contributed by atoms with Crippen molar-refractivity contribution in [2.45, 2.75) is 26.9 Å². The van der Waals surface area contributed by atoms with Gasteiger partial charge in [0, 0.05) is 23.1 Å². The summed E-state index contributed by atoms with van der Waals surface area (Å²) in [5.41, 5.74) is 0.462. The molecular formula is C22H21NO8. The van der Waals surface area contributed by atoms with Gasteiger partial charge in [0.2, 0.25) is 0 Å². The third-order valence-corrected chi connectivity index (χ3v) is 4.66. The number of carbonyl (C=O) groups excluding carboxylic acids is 1. The van der Waals surface area contributed by atoms with Crippen molar-refractivity contribution in [2.75, 3.05) is 13.7 Å². The third-order valence-electron chi connectivity index (χ3n) is 4.66. The van der Waals surface area contributed by atoms with E-state index >= 15 is 0 Å². The van der Waals surface area contributed by atoms with Crippen molar-refractivity contribution < 1.29 is 28.3 Å². The number of nitro benzene ring substituents is 1. The third kappa shape index (κ3) is 4.66. The summed E-state index contributed by atoms with van der Waals surface area (Å²) in [4.78, 5) is 35.4. The van der Waals surface area contributed by atoms with Crippen molar-refractivity contribution in [3.8, 4) is 11.5 Å². The van der Waals surface area contributed by atoms with Crippen molar-refractivity contribution in [3.05, 3.63) is 73.6 Å². The van der Waals surface area contributed by atoms with Crippen molar-refractivity contribution >= 4 is 22.6 Å². The highest BCUT2D eigenvalue weighted by molar-refractivity contribution is 5.95. The highest BCUT2D eigenvalue weighted by Gasteiger charge is 2.26. The second-order valence-corrected chi connectivity index (χ2v) is 6.56. The van der Waals surface area contributed by atoms with E-state index in [1.807, 2.05) is 13.0 Å². The smallest absolute Gasteiger partial charge is 0.345 e. The molecule has 1 heterocycles. The van der Waals surface area contributed by atoms with Crippen molar-refractivity contribution in [1.82, 2.24) is 0 Å². The maximum atomic E-state index is 12.7. The van der Waals surface area contributed by atoms with Gasteiger partial charge in [-0.1, -0.05) is 19.1 Å². The molecule has 9 heteroatoms. The summed E-state index contributed by atoms with van der Waals surface area (Å²) in [5.74, 6) is -0.620. The van der Waals surface area contributed by atoms with Crippen LogP contribution in [0.25, 0.3) is 11.0 Å². The van der Waals surface area contributed by atoms with Crippen molar-refractivity contribution in [1.29, 1.82) is 0 Å². The van der Waals surface area contributed by atoms with Gasteiger partial charge in [0.25, 0.3) is 5.69 Å². The number of nitrogens with zero attached hydrogens (tertiary/aromatic N) is 1. The average molecular weight is 427 g/mol. The van der Waals surface area contributed by atoms with Gasteiger partial charge in [-0.25, -0.2) is 9.59 Å². The van der Waals surface area contributed by atoms with Crippen LogP contribution in [0.2, 0.25) is 0 Å². The summed E-state index contributed by atoms with van der Waals surface area (Å²) >= 11 is 0. The summed E-state index contributed by atoms with van der Waals surface area (Å²) < 4.78 is 21.1. The molecule has 3 aromatic rings. The summed E-state index contributed by atoms with van der Waals surface area (Å²) in [6.45, 7) is 3.71. The van der Waals surface area contributed by atoms with Gasteiger partial charge in [0.05, 0.1) is 24.7 Å². The number of hydrogen-bond donors (Lipinski definition) is 0. The Balaban J connectivity index is 1.94. The number of nitro groups is 1. The SMILES string of the molecule is CCOc1cc(C(=O)OCc2cc(=O)oc3cc(CC)ccc23)c([N+](=O)[O-])cc1OC. The van der Waals surface area contributed by atoms with Crippen LogP contribution < -0.4 is 15.1 Å². The number of methoxy groups -OCH3 is 1. The van der Waals surface area contributed by atoms with E-state index in [0.29, 0.717) is 16.5 Å². The second-order valence-electron chi connectivity index (χ2n) is 6.56. The molecule has 3 rings (SSSR count). The summed E-state index contributed by atoms with van der Waals surface area (Å²) in [7, 11) is 1.34. The fourth-order valence-electron chi connectivity index (χ4n) is 3.13. The molecule has 0 saturated heterocycles. The van der Waals surface area contributed by atoms with E-state index < -0.39 is 22.2 Å². The highest BCUT2D eigenvalue weighted by atomic mass is 16.6. The molecule has 0 spiro atoms. The Morgan fingerprint density at radius 3 is 2.55 bits per heavy atom. The molecular weight excluding hydrogens is 406 g/mol. The summed E-state index contributed by atoms with van der Waals surface area (Å²) in [5, 5.41) is 12.1. The molecule has 0 aliphatic rings. The first-order chi connectivity index (χ1) is 14.9. The fourth-order valence-corrected chi connectivity index (χ4v) is 3.13. The molecule has 2 aromatic carbocycles. The normalized spacial score (nSPS) is 10.7. The molecule has 0 radical (unpaired) electrons. The minimum atomic E-state index is -0.929. The Morgan fingerprint density at radius 1 is 1.13 bits per heavy atom. The van der Waals surface area contributed by atoms with E-state index in [-0.39, 0.29) is 30.3 Å². The number of aryl methyl sites for hydroxylation is 1. The van der Waals surface area contributed by atoms with Gasteiger partial charge < -0.3 is 18.6 Å². The number of carbonyl (C=O) groups is 1. The molecule has 0 unspecified atom stereocenters. The quantitative estimate of drug-likeness (QED) is 0.229. The summed E-state index contributed by atoms with van der Waals surface area (Å²) in [6, 6.07) is 8.98. The zero-order valence-electron chi connectivity index (χ0n) is 17.3. The van der Waals surface area contributed by atoms with Crippen LogP contribution in [0.15, 0.2) is 45.6 Å². The van der Waals surface area contributed by atoms with E-state index in [9.17, 15) is 19.7 Å². The number of esters is 1. The van der Waals surface area contributed by atoms with Gasteiger partial charge in [-0.15, -0.1) is 0 Å². The van der Waals surface area contributed by atoms with Crippen molar-refractivity contribution in [3.63, 3.8) is 0 Å². The van der Waals surface area contributed by atoms with Crippen LogP contribution in [0.4, 0.5) is 5.69 Å². The Morgan fingerprint density at radius 2 is 1.90 bits per heavy atom. The maximum absolute atomic E-state index is 12.7. The zero-order valence-corrected chi connectivity index (χ0v) is 17.3. The lowest BCUT2D eigenvalue weighted by atomic mass is 10.1. The molecule has 0 aliphatic heterocycles. The highest BCUT2D eigenvalue weighted by Crippen LogP contribution is 2.35. The molecule has 0 fully saturated rings. The number of ether oxygens (including phenoxy) is 3. The lowest BCUT2D eigenvalue weighted by Crippen LogP contribution is -2.11. The van der Waals surface area contributed by atoms with Gasteiger partial charge in [0.15, 0.2) is 11.5 Å². The predicted molar refractivity (Wildman–Crippen MR) is 112 cm³/mol. The number of fused-ring (bicyclic) bond motifs is 1. The topological polar surface area (TPSA) is 118 Å². The first-order valence-electron chi connectivity index (χ1n) is 9.59. The Labute approximate surface area is 177 Å². The monoisotopic (exact) mass is 427 g/mol. The molecule has 0 N–H and O–H groups in total. The summed E-state index contributed by atoms with van der Waals surface area (Å²) in [6.07, 6.45) is 0.766. The minimum Gasteiger partial charge on any atom is -0.493 e. The van der Waals surface area contributed by atoms with Gasteiger partial charge >= 0.3 is 11.6 Å².